The van der Waals surface area contributed by atoms with Crippen molar-refractivity contribution in [3.63, 3.8) is 0 Å². The lowest BCUT2D eigenvalue weighted by Crippen LogP contribution is -2.22. The van der Waals surface area contributed by atoms with E-state index in [-0.39, 0.29) is 31.2 Å². The number of carbonyl (C=O) groups excluding carboxylic acids is 1. The minimum absolute atomic E-state index is 0.0647. The fraction of sp³-hybridized carbons (Fsp3) is 0.286. The van der Waals surface area contributed by atoms with Crippen LogP contribution in [0.2, 0.25) is 0 Å². The zero-order chi connectivity index (χ0) is 25.0. The molecule has 2 heterocycles. The molecule has 182 valence electrons. The molecular formula is C21H20F3N2O7P. The van der Waals surface area contributed by atoms with Gasteiger partial charge in [0.2, 0.25) is 5.43 Å². The van der Waals surface area contributed by atoms with Crippen LogP contribution in [0.5, 0.6) is 5.88 Å². The van der Waals surface area contributed by atoms with Crippen LogP contribution in [-0.4, -0.2) is 35.3 Å². The lowest BCUT2D eigenvalue weighted by molar-refractivity contribution is 0.0524. The predicted octanol–water partition coefficient (Wildman–Crippen LogP) is 4.54. The van der Waals surface area contributed by atoms with Crippen molar-refractivity contribution in [2.75, 3.05) is 19.8 Å². The molecular weight excluding hydrogens is 480 g/mol. The second-order valence-electron chi connectivity index (χ2n) is 6.58. The minimum atomic E-state index is -4.28. The van der Waals surface area contributed by atoms with Gasteiger partial charge in [0, 0.05) is 12.3 Å². The standard InChI is InChI=1S/C21H20F3N2O7P/c1-4-30-21(28)14-11-26(17-8-7-12(22)9-15(17)23)19-13(18(14)27)10-16(24)20(25-19)33-34(29,31-5-2)32-6-3/h7-11H,4-6H2,1-3H3. The molecule has 0 aliphatic rings. The summed E-state index contributed by atoms with van der Waals surface area (Å²) in [6.07, 6.45) is 0.929. The van der Waals surface area contributed by atoms with Gasteiger partial charge >= 0.3 is 13.8 Å². The van der Waals surface area contributed by atoms with Gasteiger partial charge < -0.3 is 9.26 Å². The van der Waals surface area contributed by atoms with Gasteiger partial charge in [0.25, 0.3) is 5.88 Å². The van der Waals surface area contributed by atoms with E-state index < -0.39 is 53.5 Å². The Bertz CT molecular complexity index is 1340. The van der Waals surface area contributed by atoms with E-state index in [9.17, 15) is 27.3 Å². The van der Waals surface area contributed by atoms with Crippen molar-refractivity contribution in [3.05, 3.63) is 63.7 Å². The van der Waals surface area contributed by atoms with Crippen molar-refractivity contribution in [2.24, 2.45) is 0 Å². The maximum absolute atomic E-state index is 14.9. The molecule has 0 fully saturated rings. The molecule has 2 aromatic heterocycles. The zero-order valence-corrected chi connectivity index (χ0v) is 19.2. The van der Waals surface area contributed by atoms with Crippen molar-refractivity contribution >= 4 is 24.8 Å². The summed E-state index contributed by atoms with van der Waals surface area (Å²) in [4.78, 5) is 29.1. The summed E-state index contributed by atoms with van der Waals surface area (Å²) >= 11 is 0. The summed E-state index contributed by atoms with van der Waals surface area (Å²) in [5.41, 5.74) is -2.19. The van der Waals surface area contributed by atoms with Crippen molar-refractivity contribution in [2.45, 2.75) is 20.8 Å². The van der Waals surface area contributed by atoms with Crippen LogP contribution in [0.25, 0.3) is 16.7 Å². The van der Waals surface area contributed by atoms with E-state index in [1.54, 1.807) is 0 Å². The highest BCUT2D eigenvalue weighted by Crippen LogP contribution is 2.49. The lowest BCUT2D eigenvalue weighted by Gasteiger charge is -2.18. The van der Waals surface area contributed by atoms with Crippen LogP contribution >= 0.6 is 7.82 Å². The fourth-order valence-corrected chi connectivity index (χ4v) is 4.15. The summed E-state index contributed by atoms with van der Waals surface area (Å²) < 4.78 is 76.4. The molecule has 0 spiro atoms. The van der Waals surface area contributed by atoms with Gasteiger partial charge in [-0.2, -0.15) is 4.98 Å². The Labute approximate surface area is 191 Å². The molecule has 0 radical (unpaired) electrons. The summed E-state index contributed by atoms with van der Waals surface area (Å²) in [6, 6.07) is 3.22. The molecule has 3 aromatic rings. The fourth-order valence-electron chi connectivity index (χ4n) is 3.00. The van der Waals surface area contributed by atoms with Crippen LogP contribution in [0.15, 0.2) is 35.3 Å². The lowest BCUT2D eigenvalue weighted by atomic mass is 10.1. The molecule has 0 saturated heterocycles. The average Bonchev–Trinajstić information content (AvgIpc) is 2.76. The van der Waals surface area contributed by atoms with Gasteiger partial charge in [0.15, 0.2) is 11.5 Å². The summed E-state index contributed by atoms with van der Waals surface area (Å²) in [6.45, 7) is 4.26. The molecule has 0 unspecified atom stereocenters. The Balaban J connectivity index is 2.33. The number of pyridine rings is 2. The van der Waals surface area contributed by atoms with Gasteiger partial charge in [0.05, 0.1) is 30.9 Å². The smallest absolute Gasteiger partial charge is 0.462 e. The zero-order valence-electron chi connectivity index (χ0n) is 18.3. The third-order valence-corrected chi connectivity index (χ3v) is 5.88. The molecule has 9 nitrogen and oxygen atoms in total. The summed E-state index contributed by atoms with van der Waals surface area (Å²) in [5, 5.41) is -0.443. The monoisotopic (exact) mass is 500 g/mol. The predicted molar refractivity (Wildman–Crippen MR) is 115 cm³/mol. The van der Waals surface area contributed by atoms with E-state index in [1.807, 2.05) is 0 Å². The van der Waals surface area contributed by atoms with Gasteiger partial charge in [-0.3, -0.25) is 18.4 Å². The van der Waals surface area contributed by atoms with Gasteiger partial charge in [-0.15, -0.1) is 0 Å². The van der Waals surface area contributed by atoms with Gasteiger partial charge in [-0.05, 0) is 39.0 Å². The Morgan fingerprint density at radius 3 is 2.29 bits per heavy atom. The number of ether oxygens (including phenoxy) is 1. The van der Waals surface area contributed by atoms with Crippen LogP contribution in [0, 0.1) is 17.5 Å². The Morgan fingerprint density at radius 1 is 1.03 bits per heavy atom. The van der Waals surface area contributed by atoms with E-state index in [4.69, 9.17) is 18.3 Å². The molecule has 34 heavy (non-hydrogen) atoms. The highest BCUT2D eigenvalue weighted by atomic mass is 31.2. The third kappa shape index (κ3) is 5.14. The first-order valence-corrected chi connectivity index (χ1v) is 11.6. The van der Waals surface area contributed by atoms with Crippen LogP contribution < -0.4 is 9.95 Å². The number of phosphoric ester groups is 1. The van der Waals surface area contributed by atoms with Crippen LogP contribution in [0.1, 0.15) is 31.1 Å². The number of fused-ring (bicyclic) bond motifs is 1. The maximum Gasteiger partial charge on any atom is 0.531 e. The highest BCUT2D eigenvalue weighted by molar-refractivity contribution is 7.48. The first-order valence-electron chi connectivity index (χ1n) is 10.1. The van der Waals surface area contributed by atoms with Crippen LogP contribution in [0.3, 0.4) is 0 Å². The second-order valence-corrected chi connectivity index (χ2v) is 8.17. The van der Waals surface area contributed by atoms with Crippen molar-refractivity contribution in [1.29, 1.82) is 0 Å². The third-order valence-electron chi connectivity index (χ3n) is 4.34. The van der Waals surface area contributed by atoms with Gasteiger partial charge in [0.1, 0.15) is 17.2 Å². The number of rotatable bonds is 9. The molecule has 0 N–H and O–H groups in total. The average molecular weight is 500 g/mol. The van der Waals surface area contributed by atoms with Gasteiger partial charge in [-0.1, -0.05) is 0 Å². The van der Waals surface area contributed by atoms with E-state index in [2.05, 4.69) is 4.98 Å². The van der Waals surface area contributed by atoms with E-state index >= 15 is 0 Å². The van der Waals surface area contributed by atoms with E-state index in [1.165, 1.54) is 20.8 Å². The van der Waals surface area contributed by atoms with Crippen LogP contribution in [-0.2, 0) is 18.3 Å². The Hall–Kier alpha value is -3.21. The molecule has 1 aromatic carbocycles. The topological polar surface area (TPSA) is 106 Å². The molecule has 0 saturated carbocycles. The van der Waals surface area contributed by atoms with E-state index in [0.717, 1.165) is 22.9 Å². The SMILES string of the molecule is CCOC(=O)c1cn(-c2ccc(F)cc2F)c2nc(OP(=O)(OCC)OCC)c(F)cc2c1=O. The van der Waals surface area contributed by atoms with Crippen molar-refractivity contribution < 1.29 is 40.8 Å². The first-order chi connectivity index (χ1) is 16.1. The normalized spacial score (nSPS) is 11.6. The number of nitrogens with zero attached hydrogens (tertiary/aromatic N) is 2. The number of hydrogen-bond donors (Lipinski definition) is 0. The largest absolute Gasteiger partial charge is 0.531 e. The number of carbonyl (C=O) groups is 1. The number of phosphoric acid groups is 1. The Kier molecular flexibility index (Phi) is 7.75. The molecule has 0 aliphatic carbocycles. The van der Waals surface area contributed by atoms with E-state index in [0.29, 0.717) is 12.1 Å². The maximum atomic E-state index is 14.9. The van der Waals surface area contributed by atoms with Crippen LogP contribution in [0.4, 0.5) is 13.2 Å². The molecule has 0 amide bonds. The molecule has 3 rings (SSSR count). The second kappa shape index (κ2) is 10.4. The van der Waals surface area contributed by atoms with Crippen molar-refractivity contribution in [1.82, 2.24) is 9.55 Å². The molecule has 0 bridgehead atoms. The summed E-state index contributed by atoms with van der Waals surface area (Å²) in [5.74, 6) is -5.07. The molecule has 0 aliphatic heterocycles. The first kappa shape index (κ1) is 25.4. The number of hydrogen-bond acceptors (Lipinski definition) is 8. The Morgan fingerprint density at radius 2 is 1.71 bits per heavy atom. The molecule has 0 atom stereocenters. The summed E-state index contributed by atoms with van der Waals surface area (Å²) in [7, 11) is -4.28. The van der Waals surface area contributed by atoms with Gasteiger partial charge in [-0.25, -0.2) is 22.5 Å². The van der Waals surface area contributed by atoms with Crippen molar-refractivity contribution in [3.8, 4) is 11.6 Å². The number of halogens is 3. The quantitative estimate of drug-likeness (QED) is 0.312. The molecule has 13 heteroatoms. The highest BCUT2D eigenvalue weighted by Gasteiger charge is 2.31. The number of esters is 1. The number of aromatic nitrogens is 2. The minimum Gasteiger partial charge on any atom is -0.462 e. The number of benzene rings is 1.